The zero-order chi connectivity index (χ0) is 24.6. The Morgan fingerprint density at radius 1 is 1.11 bits per heavy atom. The van der Waals surface area contributed by atoms with Crippen LogP contribution in [0.25, 0.3) is 11.5 Å². The Balaban J connectivity index is 1.50. The molecule has 0 bridgehead atoms. The standard InChI is InChI=1S/C24H24N8O3/c1-13-27-22(35-32-13)15-10-25-19(9-17(15)28-18(12-33)14-7-5-4-6-8-14)29-23-26-11-16-20(30-23)24(2,3)31-21(16)34/h4-11,18,33H,12H2,1-3H3,(H,31,34)(H2,25,26,28,29,30)/t18-/m1/s1. The molecular weight excluding hydrogens is 448 g/mol. The molecule has 0 aliphatic carbocycles. The molecule has 0 saturated carbocycles. The molecule has 4 heterocycles. The minimum atomic E-state index is -0.602. The first-order valence-electron chi connectivity index (χ1n) is 11.0. The summed E-state index contributed by atoms with van der Waals surface area (Å²) < 4.78 is 5.37. The van der Waals surface area contributed by atoms with Crippen LogP contribution in [0.1, 0.15) is 47.3 Å². The maximum Gasteiger partial charge on any atom is 0.261 e. The van der Waals surface area contributed by atoms with E-state index in [9.17, 15) is 9.90 Å². The minimum absolute atomic E-state index is 0.137. The van der Waals surface area contributed by atoms with E-state index < -0.39 is 5.54 Å². The largest absolute Gasteiger partial charge is 0.394 e. The molecule has 35 heavy (non-hydrogen) atoms. The van der Waals surface area contributed by atoms with Crippen molar-refractivity contribution in [2.45, 2.75) is 32.4 Å². The van der Waals surface area contributed by atoms with Crippen LogP contribution in [-0.2, 0) is 5.54 Å². The van der Waals surface area contributed by atoms with Crippen LogP contribution in [0, 0.1) is 6.92 Å². The van der Waals surface area contributed by atoms with E-state index in [4.69, 9.17) is 4.52 Å². The van der Waals surface area contributed by atoms with Gasteiger partial charge < -0.3 is 25.6 Å². The van der Waals surface area contributed by atoms with Crippen molar-refractivity contribution < 1.29 is 14.4 Å². The van der Waals surface area contributed by atoms with Crippen molar-refractivity contribution in [1.29, 1.82) is 0 Å². The number of amides is 1. The summed E-state index contributed by atoms with van der Waals surface area (Å²) in [4.78, 5) is 29.8. The predicted octanol–water partition coefficient (Wildman–Crippen LogP) is 3.10. The number of fused-ring (bicyclic) bond motifs is 1. The highest BCUT2D eigenvalue weighted by Gasteiger charge is 2.37. The summed E-state index contributed by atoms with van der Waals surface area (Å²) in [6.07, 6.45) is 3.10. The number of nitrogens with zero attached hydrogens (tertiary/aromatic N) is 5. The Morgan fingerprint density at radius 2 is 1.89 bits per heavy atom. The van der Waals surface area contributed by atoms with E-state index in [-0.39, 0.29) is 18.6 Å². The lowest BCUT2D eigenvalue weighted by atomic mass is 10.0. The van der Waals surface area contributed by atoms with Crippen LogP contribution in [0.2, 0.25) is 0 Å². The summed E-state index contributed by atoms with van der Waals surface area (Å²) in [6, 6.07) is 11.0. The first-order chi connectivity index (χ1) is 16.8. The summed E-state index contributed by atoms with van der Waals surface area (Å²) >= 11 is 0. The van der Waals surface area contributed by atoms with Crippen molar-refractivity contribution >= 4 is 23.4 Å². The van der Waals surface area contributed by atoms with Gasteiger partial charge in [0, 0.05) is 18.5 Å². The number of benzene rings is 1. The Morgan fingerprint density at radius 3 is 2.60 bits per heavy atom. The summed E-state index contributed by atoms with van der Waals surface area (Å²) in [5, 5.41) is 23.3. The molecule has 0 fully saturated rings. The number of anilines is 3. The zero-order valence-corrected chi connectivity index (χ0v) is 19.4. The van der Waals surface area contributed by atoms with Crippen LogP contribution in [0.5, 0.6) is 0 Å². The number of carbonyl (C=O) groups is 1. The fourth-order valence-corrected chi connectivity index (χ4v) is 3.94. The van der Waals surface area contributed by atoms with Crippen molar-refractivity contribution in [2.75, 3.05) is 17.2 Å². The topological polar surface area (TPSA) is 151 Å². The Hall–Kier alpha value is -4.38. The molecule has 4 aromatic rings. The number of carbonyl (C=O) groups excluding carboxylic acids is 1. The lowest BCUT2D eigenvalue weighted by Crippen LogP contribution is -2.33. The van der Waals surface area contributed by atoms with Gasteiger partial charge in [0.2, 0.25) is 5.95 Å². The van der Waals surface area contributed by atoms with Gasteiger partial charge in [0.25, 0.3) is 11.8 Å². The van der Waals surface area contributed by atoms with Crippen molar-refractivity contribution in [2.24, 2.45) is 0 Å². The Bertz CT molecular complexity index is 1390. The molecule has 1 amide bonds. The summed E-state index contributed by atoms with van der Waals surface area (Å²) in [5.74, 6) is 1.35. The van der Waals surface area contributed by atoms with Gasteiger partial charge in [-0.15, -0.1) is 0 Å². The monoisotopic (exact) mass is 472 g/mol. The van der Waals surface area contributed by atoms with Crippen LogP contribution < -0.4 is 16.0 Å². The van der Waals surface area contributed by atoms with Crippen molar-refractivity contribution in [3.05, 3.63) is 71.4 Å². The molecule has 4 N–H and O–H groups in total. The maximum atomic E-state index is 12.1. The van der Waals surface area contributed by atoms with Crippen molar-refractivity contribution in [3.63, 3.8) is 0 Å². The SMILES string of the molecule is Cc1noc(-c2cnc(Nc3ncc4c(n3)C(C)(C)NC4=O)cc2N[C@H](CO)c2ccccc2)n1. The van der Waals surface area contributed by atoms with Crippen molar-refractivity contribution in [3.8, 4) is 11.5 Å². The first kappa shape index (κ1) is 22.4. The highest BCUT2D eigenvalue weighted by atomic mass is 16.5. The molecule has 1 aliphatic heterocycles. The number of aliphatic hydroxyl groups excluding tert-OH is 1. The number of rotatable bonds is 7. The Labute approximate surface area is 201 Å². The normalized spacial score (nSPS) is 14.8. The fraction of sp³-hybridized carbons (Fsp3) is 0.250. The third-order valence-electron chi connectivity index (χ3n) is 5.67. The van der Waals surface area contributed by atoms with E-state index in [0.717, 1.165) is 5.56 Å². The number of aromatic nitrogens is 5. The molecular formula is C24H24N8O3. The third-order valence-corrected chi connectivity index (χ3v) is 5.67. The van der Waals surface area contributed by atoms with Gasteiger partial charge in [-0.05, 0) is 26.3 Å². The zero-order valence-electron chi connectivity index (χ0n) is 19.4. The molecule has 11 heteroatoms. The summed E-state index contributed by atoms with van der Waals surface area (Å²) in [5.41, 5.74) is 2.57. The third kappa shape index (κ3) is 4.41. The van der Waals surface area contributed by atoms with Gasteiger partial charge in [-0.3, -0.25) is 4.79 Å². The molecule has 5 rings (SSSR count). The molecule has 1 aliphatic rings. The predicted molar refractivity (Wildman–Crippen MR) is 128 cm³/mol. The quantitative estimate of drug-likeness (QED) is 0.316. The average molecular weight is 473 g/mol. The van der Waals surface area contributed by atoms with E-state index in [1.807, 2.05) is 44.2 Å². The number of hydrogen-bond donors (Lipinski definition) is 4. The second kappa shape index (κ2) is 8.76. The molecule has 11 nitrogen and oxygen atoms in total. The van der Waals surface area contributed by atoms with Gasteiger partial charge in [-0.1, -0.05) is 35.5 Å². The fourth-order valence-electron chi connectivity index (χ4n) is 3.94. The van der Waals surface area contributed by atoms with Gasteiger partial charge in [-0.2, -0.15) is 4.98 Å². The lowest BCUT2D eigenvalue weighted by molar-refractivity contribution is 0.0940. The molecule has 1 atom stereocenters. The van der Waals surface area contributed by atoms with Crippen LogP contribution in [0.4, 0.5) is 17.5 Å². The molecule has 1 aromatic carbocycles. The van der Waals surface area contributed by atoms with Gasteiger partial charge in [0.1, 0.15) is 5.82 Å². The molecule has 0 spiro atoms. The van der Waals surface area contributed by atoms with E-state index in [2.05, 4.69) is 41.0 Å². The van der Waals surface area contributed by atoms with E-state index in [1.165, 1.54) is 6.20 Å². The van der Waals surface area contributed by atoms with E-state index >= 15 is 0 Å². The average Bonchev–Trinajstić information content (AvgIpc) is 3.37. The first-order valence-corrected chi connectivity index (χ1v) is 11.0. The number of pyridine rings is 1. The van der Waals surface area contributed by atoms with Gasteiger partial charge in [0.05, 0.1) is 40.7 Å². The second-order valence-corrected chi connectivity index (χ2v) is 8.71. The number of hydrogen-bond acceptors (Lipinski definition) is 10. The van der Waals surface area contributed by atoms with E-state index in [0.29, 0.717) is 46.0 Å². The van der Waals surface area contributed by atoms with Crippen LogP contribution >= 0.6 is 0 Å². The Kier molecular flexibility index (Phi) is 5.61. The van der Waals surface area contributed by atoms with Crippen LogP contribution in [0.3, 0.4) is 0 Å². The molecule has 0 radical (unpaired) electrons. The highest BCUT2D eigenvalue weighted by Crippen LogP contribution is 2.33. The van der Waals surface area contributed by atoms with Crippen molar-refractivity contribution in [1.82, 2.24) is 30.4 Å². The van der Waals surface area contributed by atoms with Crippen LogP contribution in [-0.4, -0.2) is 42.7 Å². The second-order valence-electron chi connectivity index (χ2n) is 8.71. The molecule has 0 saturated heterocycles. The van der Waals surface area contributed by atoms with Crippen LogP contribution in [0.15, 0.2) is 53.3 Å². The number of aryl methyl sites for hydroxylation is 1. The molecule has 0 unspecified atom stereocenters. The molecule has 178 valence electrons. The smallest absolute Gasteiger partial charge is 0.261 e. The lowest BCUT2D eigenvalue weighted by Gasteiger charge is -2.20. The van der Waals surface area contributed by atoms with Gasteiger partial charge in [-0.25, -0.2) is 15.0 Å². The van der Waals surface area contributed by atoms with E-state index in [1.54, 1.807) is 19.2 Å². The number of aliphatic hydroxyl groups is 1. The number of nitrogens with one attached hydrogen (secondary N) is 3. The van der Waals surface area contributed by atoms with Gasteiger partial charge >= 0.3 is 0 Å². The summed E-state index contributed by atoms with van der Waals surface area (Å²) in [6.45, 7) is 5.36. The minimum Gasteiger partial charge on any atom is -0.394 e. The molecule has 3 aromatic heterocycles. The highest BCUT2D eigenvalue weighted by molar-refractivity contribution is 5.99. The maximum absolute atomic E-state index is 12.1. The van der Waals surface area contributed by atoms with Gasteiger partial charge in [0.15, 0.2) is 5.82 Å². The summed E-state index contributed by atoms with van der Waals surface area (Å²) in [7, 11) is 0.